The third-order valence-electron chi connectivity index (χ3n) is 4.50. The number of benzene rings is 1. The largest absolute Gasteiger partial charge is 0.464 e. The van der Waals surface area contributed by atoms with Gasteiger partial charge >= 0.3 is 12.1 Å². The predicted molar refractivity (Wildman–Crippen MR) is 114 cm³/mol. The maximum atomic E-state index is 12.6. The molecule has 7 nitrogen and oxygen atoms in total. The number of carbonyl (C=O) groups excluding carboxylic acids is 2. The number of aromatic nitrogens is 1. The van der Waals surface area contributed by atoms with E-state index in [0.717, 1.165) is 11.1 Å². The van der Waals surface area contributed by atoms with Crippen LogP contribution in [0.25, 0.3) is 0 Å². The molecule has 1 aromatic heterocycles. The number of amides is 1. The molecule has 1 heterocycles. The highest BCUT2D eigenvalue weighted by atomic mass is 16.5. The first kappa shape index (κ1) is 23.2. The number of alkyl carbamates (subject to hydrolysis) is 1. The van der Waals surface area contributed by atoms with Gasteiger partial charge in [-0.1, -0.05) is 44.2 Å². The van der Waals surface area contributed by atoms with E-state index in [4.69, 9.17) is 9.47 Å². The zero-order valence-electron chi connectivity index (χ0n) is 17.8. The van der Waals surface area contributed by atoms with Crippen molar-refractivity contribution in [1.29, 1.82) is 0 Å². The van der Waals surface area contributed by atoms with E-state index in [9.17, 15) is 14.4 Å². The van der Waals surface area contributed by atoms with E-state index >= 15 is 0 Å². The number of nitrogens with one attached hydrogen (secondary N) is 1. The smallest absolute Gasteiger partial charge is 0.407 e. The molecule has 0 aliphatic carbocycles. The molecule has 0 aliphatic heterocycles. The molecule has 2 aromatic rings. The molecule has 30 heavy (non-hydrogen) atoms. The lowest BCUT2D eigenvalue weighted by Crippen LogP contribution is -2.32. The Balaban J connectivity index is 1.90. The summed E-state index contributed by atoms with van der Waals surface area (Å²) in [6.45, 7) is 6.54. The number of esters is 1. The van der Waals surface area contributed by atoms with E-state index in [2.05, 4.69) is 5.32 Å². The Labute approximate surface area is 177 Å². The van der Waals surface area contributed by atoms with Crippen LogP contribution in [0.3, 0.4) is 0 Å². The van der Waals surface area contributed by atoms with Crippen molar-refractivity contribution in [2.24, 2.45) is 5.92 Å². The van der Waals surface area contributed by atoms with E-state index in [1.54, 1.807) is 19.2 Å². The molecule has 0 bridgehead atoms. The van der Waals surface area contributed by atoms with E-state index in [-0.39, 0.29) is 24.7 Å². The summed E-state index contributed by atoms with van der Waals surface area (Å²) < 4.78 is 11.7. The summed E-state index contributed by atoms with van der Waals surface area (Å²) in [4.78, 5) is 36.7. The zero-order valence-corrected chi connectivity index (χ0v) is 17.8. The third-order valence-corrected chi connectivity index (χ3v) is 4.50. The van der Waals surface area contributed by atoms with Crippen LogP contribution in [-0.4, -0.2) is 29.8 Å². The lowest BCUT2D eigenvalue weighted by Gasteiger charge is -2.20. The number of hydrogen-bond donors (Lipinski definition) is 1. The van der Waals surface area contributed by atoms with Crippen LogP contribution in [-0.2, 0) is 27.3 Å². The van der Waals surface area contributed by atoms with Crippen molar-refractivity contribution in [3.8, 4) is 0 Å². The van der Waals surface area contributed by atoms with E-state index in [1.807, 2.05) is 44.2 Å². The van der Waals surface area contributed by atoms with Crippen molar-refractivity contribution in [3.63, 3.8) is 0 Å². The first-order valence-electron chi connectivity index (χ1n) is 10.2. The van der Waals surface area contributed by atoms with Gasteiger partial charge in [-0.2, -0.15) is 0 Å². The minimum atomic E-state index is -0.641. The van der Waals surface area contributed by atoms with E-state index in [1.165, 1.54) is 10.6 Å². The Morgan fingerprint density at radius 2 is 1.80 bits per heavy atom. The summed E-state index contributed by atoms with van der Waals surface area (Å²) in [5, 5.41) is 2.68. The van der Waals surface area contributed by atoms with Gasteiger partial charge in [-0.25, -0.2) is 9.59 Å². The molecule has 0 fully saturated rings. The molecule has 0 radical (unpaired) electrons. The number of pyridine rings is 1. The minimum absolute atomic E-state index is 0.202. The Morgan fingerprint density at radius 3 is 2.43 bits per heavy atom. The molecule has 1 aromatic carbocycles. The van der Waals surface area contributed by atoms with Crippen LogP contribution in [0.15, 0.2) is 53.5 Å². The molecule has 0 spiro atoms. The van der Waals surface area contributed by atoms with Crippen LogP contribution in [0.4, 0.5) is 4.79 Å². The Morgan fingerprint density at radius 1 is 1.07 bits per heavy atom. The molecule has 162 valence electrons. The zero-order chi connectivity index (χ0) is 21.9. The van der Waals surface area contributed by atoms with Gasteiger partial charge in [0.25, 0.3) is 5.56 Å². The van der Waals surface area contributed by atoms with E-state index < -0.39 is 18.1 Å². The lowest BCUT2D eigenvalue weighted by molar-refractivity contribution is -0.147. The predicted octanol–water partition coefficient (Wildman–Crippen LogP) is 3.47. The van der Waals surface area contributed by atoms with Gasteiger partial charge in [0, 0.05) is 18.8 Å². The van der Waals surface area contributed by atoms with Gasteiger partial charge in [-0.05, 0) is 42.9 Å². The maximum absolute atomic E-state index is 12.6. The summed E-state index contributed by atoms with van der Waals surface area (Å²) >= 11 is 0. The SMILES string of the molecule is CCOC(=O)C(CC(C)C)n1ccc(CCNC(=O)OCc2ccccc2)cc1=O. The molecule has 1 atom stereocenters. The van der Waals surface area contributed by atoms with Crippen molar-refractivity contribution < 1.29 is 19.1 Å². The van der Waals surface area contributed by atoms with Gasteiger partial charge < -0.3 is 19.4 Å². The van der Waals surface area contributed by atoms with Crippen molar-refractivity contribution in [2.75, 3.05) is 13.2 Å². The highest BCUT2D eigenvalue weighted by Crippen LogP contribution is 2.18. The first-order chi connectivity index (χ1) is 14.4. The fourth-order valence-corrected chi connectivity index (χ4v) is 3.04. The number of rotatable bonds is 10. The molecular formula is C23H30N2O5. The van der Waals surface area contributed by atoms with Gasteiger partial charge in [0.05, 0.1) is 6.61 Å². The highest BCUT2D eigenvalue weighted by molar-refractivity contribution is 5.74. The lowest BCUT2D eigenvalue weighted by atomic mass is 10.0. The molecule has 2 rings (SSSR count). The fraction of sp³-hybridized carbons (Fsp3) is 0.435. The summed E-state index contributed by atoms with van der Waals surface area (Å²) in [6, 6.07) is 12.1. The quantitative estimate of drug-likeness (QED) is 0.602. The molecule has 1 unspecified atom stereocenters. The van der Waals surface area contributed by atoms with Crippen molar-refractivity contribution in [1.82, 2.24) is 9.88 Å². The molecule has 7 heteroatoms. The second-order valence-electron chi connectivity index (χ2n) is 7.42. The minimum Gasteiger partial charge on any atom is -0.464 e. The fourth-order valence-electron chi connectivity index (χ4n) is 3.04. The van der Waals surface area contributed by atoms with Crippen LogP contribution in [0.5, 0.6) is 0 Å². The first-order valence-corrected chi connectivity index (χ1v) is 10.2. The number of hydrogen-bond acceptors (Lipinski definition) is 5. The van der Waals surface area contributed by atoms with Crippen LogP contribution < -0.4 is 10.9 Å². The Hall–Kier alpha value is -3.09. The number of ether oxygens (including phenoxy) is 2. The molecule has 1 N–H and O–H groups in total. The second-order valence-corrected chi connectivity index (χ2v) is 7.42. The molecular weight excluding hydrogens is 384 g/mol. The molecule has 0 saturated heterocycles. The number of nitrogens with zero attached hydrogens (tertiary/aromatic N) is 1. The average Bonchev–Trinajstić information content (AvgIpc) is 2.72. The van der Waals surface area contributed by atoms with Gasteiger partial charge in [0.15, 0.2) is 0 Å². The highest BCUT2D eigenvalue weighted by Gasteiger charge is 2.23. The van der Waals surface area contributed by atoms with Crippen molar-refractivity contribution >= 4 is 12.1 Å². The van der Waals surface area contributed by atoms with Gasteiger partial charge in [-0.3, -0.25) is 4.79 Å². The summed E-state index contributed by atoms with van der Waals surface area (Å²) in [7, 11) is 0. The summed E-state index contributed by atoms with van der Waals surface area (Å²) in [5.41, 5.74) is 1.42. The van der Waals surface area contributed by atoms with Gasteiger partial charge in [0.1, 0.15) is 12.6 Å². The van der Waals surface area contributed by atoms with Gasteiger partial charge in [0.2, 0.25) is 0 Å². The van der Waals surface area contributed by atoms with Crippen molar-refractivity contribution in [2.45, 2.75) is 46.3 Å². The van der Waals surface area contributed by atoms with Crippen LogP contribution >= 0.6 is 0 Å². The average molecular weight is 415 g/mol. The Bertz CT molecular complexity index is 877. The van der Waals surface area contributed by atoms with E-state index in [0.29, 0.717) is 19.4 Å². The van der Waals surface area contributed by atoms with Crippen LogP contribution in [0.2, 0.25) is 0 Å². The number of carbonyl (C=O) groups is 2. The molecule has 0 saturated carbocycles. The third kappa shape index (κ3) is 7.39. The standard InChI is InChI=1S/C23H30N2O5/c1-4-29-22(27)20(14-17(2)3)25-13-11-18(15-21(25)26)10-12-24-23(28)30-16-19-8-6-5-7-9-19/h5-9,11,13,15,17,20H,4,10,12,14,16H2,1-3H3,(H,24,28). The Kier molecular flexibility index (Phi) is 9.12. The second kappa shape index (κ2) is 11.8. The van der Waals surface area contributed by atoms with Crippen LogP contribution in [0, 0.1) is 5.92 Å². The van der Waals surface area contributed by atoms with Crippen molar-refractivity contribution in [3.05, 3.63) is 70.1 Å². The summed E-state index contributed by atoms with van der Waals surface area (Å²) in [5.74, 6) is -0.166. The normalized spacial score (nSPS) is 11.7. The van der Waals surface area contributed by atoms with Crippen LogP contribution in [0.1, 0.15) is 44.4 Å². The topological polar surface area (TPSA) is 86.6 Å². The van der Waals surface area contributed by atoms with Gasteiger partial charge in [-0.15, -0.1) is 0 Å². The maximum Gasteiger partial charge on any atom is 0.407 e. The summed E-state index contributed by atoms with van der Waals surface area (Å²) in [6.07, 6.45) is 2.11. The monoisotopic (exact) mass is 414 g/mol. The molecule has 1 amide bonds. The molecule has 0 aliphatic rings.